The molecule has 0 bridgehead atoms. The Morgan fingerprint density at radius 1 is 1.12 bits per heavy atom. The van der Waals surface area contributed by atoms with Crippen molar-refractivity contribution in [2.24, 2.45) is 0 Å². The van der Waals surface area contributed by atoms with E-state index in [4.69, 9.17) is 0 Å². The molecule has 0 amide bonds. The molecule has 1 rings (SSSR count). The van der Waals surface area contributed by atoms with E-state index >= 15 is 0 Å². The van der Waals surface area contributed by atoms with E-state index in [9.17, 15) is 0 Å². The van der Waals surface area contributed by atoms with E-state index in [1.165, 1.54) is 43.4 Å². The minimum atomic E-state index is 0.732. The Hall–Kier alpha value is -0.340. The van der Waals surface area contributed by atoms with Gasteiger partial charge in [-0.25, -0.2) is 0 Å². The zero-order chi connectivity index (χ0) is 12.5. The summed E-state index contributed by atoms with van der Waals surface area (Å²) in [5.41, 5.74) is 0. The summed E-state index contributed by atoms with van der Waals surface area (Å²) >= 11 is 1.99. The fourth-order valence-electron chi connectivity index (χ4n) is 2.25. The molecule has 98 valence electrons. The maximum Gasteiger partial charge on any atom is 0.00669 e. The third-order valence-electron chi connectivity index (χ3n) is 3.17. The van der Waals surface area contributed by atoms with Crippen molar-refractivity contribution in [3.05, 3.63) is 21.9 Å². The first-order valence-corrected chi connectivity index (χ1v) is 7.92. The van der Waals surface area contributed by atoms with Gasteiger partial charge in [0.2, 0.25) is 0 Å². The number of hydrogen-bond donors (Lipinski definition) is 1. The highest BCUT2D eigenvalue weighted by Gasteiger charge is 2.06. The monoisotopic (exact) mass is 253 g/mol. The summed E-state index contributed by atoms with van der Waals surface area (Å²) in [5, 5.41) is 3.59. The van der Waals surface area contributed by atoms with E-state index in [0.29, 0.717) is 0 Å². The van der Waals surface area contributed by atoms with Crippen LogP contribution in [0.1, 0.15) is 56.2 Å². The summed E-state index contributed by atoms with van der Waals surface area (Å²) in [6.07, 6.45) is 7.69. The Morgan fingerprint density at radius 2 is 1.88 bits per heavy atom. The summed E-state index contributed by atoms with van der Waals surface area (Å²) in [7, 11) is 0. The largest absolute Gasteiger partial charge is 0.314 e. The Bertz CT molecular complexity index is 287. The molecule has 17 heavy (non-hydrogen) atoms. The quantitative estimate of drug-likeness (QED) is 0.687. The van der Waals surface area contributed by atoms with Gasteiger partial charge in [-0.15, -0.1) is 11.3 Å². The van der Waals surface area contributed by atoms with Crippen molar-refractivity contribution in [1.82, 2.24) is 5.32 Å². The molecule has 0 saturated carbocycles. The molecule has 1 atom stereocenters. The van der Waals surface area contributed by atoms with E-state index < -0.39 is 0 Å². The Morgan fingerprint density at radius 3 is 2.47 bits per heavy atom. The maximum absolute atomic E-state index is 3.59. The molecule has 2 heteroatoms. The molecule has 1 unspecified atom stereocenters. The molecular weight excluding hydrogens is 226 g/mol. The van der Waals surface area contributed by atoms with E-state index in [-0.39, 0.29) is 0 Å². The van der Waals surface area contributed by atoms with Crippen molar-refractivity contribution in [3.8, 4) is 0 Å². The summed E-state index contributed by atoms with van der Waals surface area (Å²) < 4.78 is 0. The molecule has 1 aromatic rings. The zero-order valence-corrected chi connectivity index (χ0v) is 12.4. The highest BCUT2D eigenvalue weighted by molar-refractivity contribution is 7.11. The van der Waals surface area contributed by atoms with Crippen molar-refractivity contribution in [3.63, 3.8) is 0 Å². The highest BCUT2D eigenvalue weighted by atomic mass is 32.1. The molecule has 1 nitrogen and oxygen atoms in total. The molecule has 1 aromatic heterocycles. The molecule has 0 saturated heterocycles. The molecule has 0 aliphatic rings. The van der Waals surface area contributed by atoms with Crippen LogP contribution in [0.2, 0.25) is 0 Å². The standard InChI is InChI=1S/C15H27NS/c1-4-8-13(16-6-3)9-7-10-15-12-11-14(5-2)17-15/h11-13,16H,4-10H2,1-3H3. The lowest BCUT2D eigenvalue weighted by Gasteiger charge is -2.16. The average Bonchev–Trinajstić information content (AvgIpc) is 2.77. The van der Waals surface area contributed by atoms with Crippen molar-refractivity contribution in [2.45, 2.75) is 65.3 Å². The first-order valence-electron chi connectivity index (χ1n) is 7.11. The minimum Gasteiger partial charge on any atom is -0.314 e. The van der Waals surface area contributed by atoms with E-state index in [1.54, 1.807) is 4.88 Å². The van der Waals surface area contributed by atoms with Gasteiger partial charge in [0.1, 0.15) is 0 Å². The van der Waals surface area contributed by atoms with Crippen LogP contribution in [0, 0.1) is 0 Å². The number of aryl methyl sites for hydroxylation is 2. The predicted octanol–water partition coefficient (Wildman–Crippen LogP) is 4.41. The molecule has 0 spiro atoms. The third kappa shape index (κ3) is 5.69. The maximum atomic E-state index is 3.59. The van der Waals surface area contributed by atoms with Gasteiger partial charge in [0.15, 0.2) is 0 Å². The Labute approximate surface area is 111 Å². The van der Waals surface area contributed by atoms with Crippen molar-refractivity contribution in [2.75, 3.05) is 6.54 Å². The molecule has 0 aliphatic heterocycles. The fourth-order valence-corrected chi connectivity index (χ4v) is 3.25. The van der Waals surface area contributed by atoms with Crippen LogP contribution in [0.25, 0.3) is 0 Å². The van der Waals surface area contributed by atoms with E-state index in [2.05, 4.69) is 38.2 Å². The van der Waals surface area contributed by atoms with Crippen molar-refractivity contribution < 1.29 is 0 Å². The van der Waals surface area contributed by atoms with Crippen LogP contribution in [0.4, 0.5) is 0 Å². The summed E-state index contributed by atoms with van der Waals surface area (Å²) in [4.78, 5) is 3.09. The highest BCUT2D eigenvalue weighted by Crippen LogP contribution is 2.19. The second kappa shape index (κ2) is 8.71. The zero-order valence-electron chi connectivity index (χ0n) is 11.6. The number of thiophene rings is 1. The fraction of sp³-hybridized carbons (Fsp3) is 0.733. The Balaban J connectivity index is 2.24. The molecule has 1 heterocycles. The van der Waals surface area contributed by atoms with Crippen LogP contribution < -0.4 is 5.32 Å². The van der Waals surface area contributed by atoms with Crippen LogP contribution >= 0.6 is 11.3 Å². The van der Waals surface area contributed by atoms with Crippen LogP contribution in [-0.4, -0.2) is 12.6 Å². The third-order valence-corrected chi connectivity index (χ3v) is 4.46. The molecule has 0 aliphatic carbocycles. The number of hydrogen-bond acceptors (Lipinski definition) is 2. The first kappa shape index (κ1) is 14.7. The van der Waals surface area contributed by atoms with Gasteiger partial charge in [-0.2, -0.15) is 0 Å². The minimum absolute atomic E-state index is 0.732. The van der Waals surface area contributed by atoms with Gasteiger partial charge in [-0.3, -0.25) is 0 Å². The normalized spacial score (nSPS) is 12.9. The van der Waals surface area contributed by atoms with Crippen molar-refractivity contribution >= 4 is 11.3 Å². The average molecular weight is 253 g/mol. The van der Waals surface area contributed by atoms with Crippen LogP contribution in [0.3, 0.4) is 0 Å². The van der Waals surface area contributed by atoms with Gasteiger partial charge in [0, 0.05) is 15.8 Å². The van der Waals surface area contributed by atoms with Crippen molar-refractivity contribution in [1.29, 1.82) is 0 Å². The lowest BCUT2D eigenvalue weighted by atomic mass is 10.0. The van der Waals surface area contributed by atoms with Crippen LogP contribution in [0.5, 0.6) is 0 Å². The summed E-state index contributed by atoms with van der Waals surface area (Å²) in [6.45, 7) is 7.81. The summed E-state index contributed by atoms with van der Waals surface area (Å²) in [5.74, 6) is 0. The van der Waals surface area contributed by atoms with Gasteiger partial charge in [-0.05, 0) is 50.8 Å². The molecule has 0 radical (unpaired) electrons. The summed E-state index contributed by atoms with van der Waals surface area (Å²) in [6, 6.07) is 5.33. The van der Waals surface area contributed by atoms with Gasteiger partial charge in [0.25, 0.3) is 0 Å². The lowest BCUT2D eigenvalue weighted by Crippen LogP contribution is -2.28. The lowest BCUT2D eigenvalue weighted by molar-refractivity contribution is 0.448. The van der Waals surface area contributed by atoms with Gasteiger partial charge in [0.05, 0.1) is 0 Å². The molecular formula is C15H27NS. The number of nitrogens with one attached hydrogen (secondary N) is 1. The molecule has 0 fully saturated rings. The second-order valence-electron chi connectivity index (χ2n) is 4.66. The smallest absolute Gasteiger partial charge is 0.00669 e. The Kier molecular flexibility index (Phi) is 7.54. The van der Waals surface area contributed by atoms with E-state index in [0.717, 1.165) is 12.6 Å². The van der Waals surface area contributed by atoms with Gasteiger partial charge in [-0.1, -0.05) is 27.2 Å². The number of rotatable bonds is 9. The molecule has 0 aromatic carbocycles. The van der Waals surface area contributed by atoms with Crippen LogP contribution in [0.15, 0.2) is 12.1 Å². The van der Waals surface area contributed by atoms with Gasteiger partial charge >= 0.3 is 0 Å². The topological polar surface area (TPSA) is 12.0 Å². The van der Waals surface area contributed by atoms with Gasteiger partial charge < -0.3 is 5.32 Å². The predicted molar refractivity (Wildman–Crippen MR) is 79.0 cm³/mol. The second-order valence-corrected chi connectivity index (χ2v) is 5.91. The first-order chi connectivity index (χ1) is 8.30. The van der Waals surface area contributed by atoms with Crippen LogP contribution in [-0.2, 0) is 12.8 Å². The SMILES string of the molecule is CCCC(CCCc1ccc(CC)s1)NCC. The molecule has 1 N–H and O–H groups in total. The van der Waals surface area contributed by atoms with E-state index in [1.807, 2.05) is 11.3 Å².